The number of rotatable bonds is 4. The van der Waals surface area contributed by atoms with Gasteiger partial charge in [-0.2, -0.15) is 5.26 Å². The van der Waals surface area contributed by atoms with Crippen molar-refractivity contribution < 1.29 is 18.3 Å². The Morgan fingerprint density at radius 3 is 2.83 bits per heavy atom. The molecule has 0 aliphatic carbocycles. The number of carbonyl (C=O) groups is 1. The fourth-order valence-electron chi connectivity index (χ4n) is 1.39. The SMILES string of the molecule is CCOC(=O)Cc1c(C(F)F)ncc(Br)c1C#N. The van der Waals surface area contributed by atoms with E-state index in [2.05, 4.69) is 25.7 Å². The van der Waals surface area contributed by atoms with Gasteiger partial charge >= 0.3 is 5.97 Å². The van der Waals surface area contributed by atoms with Crippen molar-refractivity contribution in [1.82, 2.24) is 4.98 Å². The molecule has 0 spiro atoms. The Hall–Kier alpha value is -1.55. The van der Waals surface area contributed by atoms with Crippen LogP contribution in [0.25, 0.3) is 0 Å². The third-order valence-electron chi connectivity index (χ3n) is 2.11. The minimum atomic E-state index is -2.85. The van der Waals surface area contributed by atoms with E-state index >= 15 is 0 Å². The number of ether oxygens (including phenoxy) is 1. The minimum Gasteiger partial charge on any atom is -0.466 e. The Morgan fingerprint density at radius 1 is 1.67 bits per heavy atom. The lowest BCUT2D eigenvalue weighted by Crippen LogP contribution is -2.12. The zero-order valence-corrected chi connectivity index (χ0v) is 11.0. The third-order valence-corrected chi connectivity index (χ3v) is 2.71. The van der Waals surface area contributed by atoms with Gasteiger partial charge in [0, 0.05) is 11.8 Å². The van der Waals surface area contributed by atoms with E-state index in [-0.39, 0.29) is 22.2 Å². The Kier molecular flexibility index (Phi) is 5.16. The molecule has 0 fully saturated rings. The second-order valence-corrected chi connectivity index (χ2v) is 4.09. The average molecular weight is 319 g/mol. The Bertz CT molecular complexity index is 501. The summed E-state index contributed by atoms with van der Waals surface area (Å²) in [5.41, 5.74) is -0.684. The molecule has 0 saturated carbocycles. The average Bonchev–Trinajstić information content (AvgIpc) is 2.29. The molecule has 0 N–H and O–H groups in total. The third kappa shape index (κ3) is 3.23. The van der Waals surface area contributed by atoms with Gasteiger partial charge in [-0.05, 0) is 22.9 Å². The topological polar surface area (TPSA) is 63.0 Å². The number of alkyl halides is 2. The van der Waals surface area contributed by atoms with Crippen molar-refractivity contribution in [2.75, 3.05) is 6.61 Å². The number of halogens is 3. The molecule has 0 saturated heterocycles. The van der Waals surface area contributed by atoms with Crippen molar-refractivity contribution in [3.63, 3.8) is 0 Å². The van der Waals surface area contributed by atoms with Crippen molar-refractivity contribution >= 4 is 21.9 Å². The molecule has 0 unspecified atom stereocenters. The lowest BCUT2D eigenvalue weighted by Gasteiger charge is -2.10. The van der Waals surface area contributed by atoms with E-state index in [0.717, 1.165) is 6.20 Å². The molecule has 96 valence electrons. The lowest BCUT2D eigenvalue weighted by atomic mass is 10.0. The van der Waals surface area contributed by atoms with Crippen LogP contribution < -0.4 is 0 Å². The number of hydrogen-bond donors (Lipinski definition) is 0. The smallest absolute Gasteiger partial charge is 0.310 e. The maximum absolute atomic E-state index is 12.8. The van der Waals surface area contributed by atoms with Gasteiger partial charge in [-0.3, -0.25) is 9.78 Å². The number of pyridine rings is 1. The molecule has 0 amide bonds. The van der Waals surface area contributed by atoms with Crippen LogP contribution in [0.15, 0.2) is 10.7 Å². The molecule has 4 nitrogen and oxygen atoms in total. The molecule has 0 atom stereocenters. The highest BCUT2D eigenvalue weighted by atomic mass is 79.9. The Balaban J connectivity index is 3.24. The molecule has 0 bridgehead atoms. The predicted molar refractivity (Wildman–Crippen MR) is 61.9 cm³/mol. The van der Waals surface area contributed by atoms with E-state index in [4.69, 9.17) is 5.26 Å². The molecular formula is C11H9BrF2N2O2. The first-order valence-electron chi connectivity index (χ1n) is 5.02. The molecule has 0 aliphatic heterocycles. The quantitative estimate of drug-likeness (QED) is 0.801. The van der Waals surface area contributed by atoms with Crippen LogP contribution in [-0.4, -0.2) is 17.6 Å². The highest BCUT2D eigenvalue weighted by Crippen LogP contribution is 2.28. The maximum Gasteiger partial charge on any atom is 0.310 e. The molecule has 1 aromatic rings. The zero-order chi connectivity index (χ0) is 13.7. The van der Waals surface area contributed by atoms with Gasteiger partial charge in [0.1, 0.15) is 11.8 Å². The summed E-state index contributed by atoms with van der Waals surface area (Å²) < 4.78 is 30.5. The van der Waals surface area contributed by atoms with Crippen LogP contribution in [0.5, 0.6) is 0 Å². The van der Waals surface area contributed by atoms with Crippen LogP contribution in [0.2, 0.25) is 0 Å². The number of nitriles is 1. The summed E-state index contributed by atoms with van der Waals surface area (Å²) in [7, 11) is 0. The van der Waals surface area contributed by atoms with Crippen LogP contribution in [0.1, 0.15) is 30.2 Å². The number of hydrogen-bond acceptors (Lipinski definition) is 4. The van der Waals surface area contributed by atoms with E-state index in [1.807, 2.05) is 0 Å². The van der Waals surface area contributed by atoms with Gasteiger partial charge in [-0.25, -0.2) is 8.78 Å². The largest absolute Gasteiger partial charge is 0.466 e. The number of nitrogens with zero attached hydrogens (tertiary/aromatic N) is 2. The van der Waals surface area contributed by atoms with Crippen molar-refractivity contribution in [3.05, 3.63) is 27.5 Å². The molecule has 1 rings (SSSR count). The maximum atomic E-state index is 12.8. The standard InChI is InChI=1S/C11H9BrF2N2O2/c1-2-18-9(17)3-6-7(4-15)8(12)5-16-10(6)11(13)14/h5,11H,2-3H2,1H3. The van der Waals surface area contributed by atoms with Crippen LogP contribution in [-0.2, 0) is 16.0 Å². The molecule has 1 heterocycles. The first kappa shape index (κ1) is 14.5. The number of aromatic nitrogens is 1. The summed E-state index contributed by atoms with van der Waals surface area (Å²) in [5.74, 6) is -0.671. The van der Waals surface area contributed by atoms with Crippen molar-refractivity contribution in [3.8, 4) is 6.07 Å². The van der Waals surface area contributed by atoms with Gasteiger partial charge in [0.2, 0.25) is 0 Å². The van der Waals surface area contributed by atoms with E-state index in [1.165, 1.54) is 0 Å². The summed E-state index contributed by atoms with van der Waals surface area (Å²) in [6.45, 7) is 1.75. The number of esters is 1. The molecule has 1 aromatic heterocycles. The predicted octanol–water partition coefficient (Wildman–Crippen LogP) is 2.76. The first-order valence-corrected chi connectivity index (χ1v) is 5.81. The second kappa shape index (κ2) is 6.40. The fourth-order valence-corrected chi connectivity index (χ4v) is 1.82. The summed E-state index contributed by atoms with van der Waals surface area (Å²) in [4.78, 5) is 14.9. The highest BCUT2D eigenvalue weighted by molar-refractivity contribution is 9.10. The van der Waals surface area contributed by atoms with E-state index < -0.39 is 24.5 Å². The van der Waals surface area contributed by atoms with Gasteiger partial charge in [-0.1, -0.05) is 0 Å². The second-order valence-electron chi connectivity index (χ2n) is 3.24. The van der Waals surface area contributed by atoms with E-state index in [9.17, 15) is 13.6 Å². The first-order chi connectivity index (χ1) is 8.51. The van der Waals surface area contributed by atoms with E-state index in [0.29, 0.717) is 0 Å². The van der Waals surface area contributed by atoms with Crippen molar-refractivity contribution in [2.24, 2.45) is 0 Å². The fraction of sp³-hybridized carbons (Fsp3) is 0.364. The van der Waals surface area contributed by atoms with Gasteiger partial charge in [0.25, 0.3) is 6.43 Å². The monoisotopic (exact) mass is 318 g/mol. The summed E-state index contributed by atoms with van der Waals surface area (Å²) >= 11 is 3.04. The van der Waals surface area contributed by atoms with Gasteiger partial charge in [-0.15, -0.1) is 0 Å². The van der Waals surface area contributed by atoms with Gasteiger partial charge in [0.05, 0.1) is 23.1 Å². The van der Waals surface area contributed by atoms with E-state index in [1.54, 1.807) is 13.0 Å². The normalized spacial score (nSPS) is 10.2. The van der Waals surface area contributed by atoms with Crippen LogP contribution in [0.4, 0.5) is 8.78 Å². The van der Waals surface area contributed by atoms with Crippen LogP contribution in [0, 0.1) is 11.3 Å². The lowest BCUT2D eigenvalue weighted by molar-refractivity contribution is -0.142. The minimum absolute atomic E-state index is 0.0200. The van der Waals surface area contributed by atoms with Crippen LogP contribution in [0.3, 0.4) is 0 Å². The summed E-state index contributed by atoms with van der Waals surface area (Å²) in [6.07, 6.45) is -2.13. The Labute approximate surface area is 111 Å². The molecular weight excluding hydrogens is 310 g/mol. The molecule has 0 aliphatic rings. The van der Waals surface area contributed by atoms with Crippen molar-refractivity contribution in [2.45, 2.75) is 19.8 Å². The zero-order valence-electron chi connectivity index (χ0n) is 9.41. The molecule has 0 radical (unpaired) electrons. The van der Waals surface area contributed by atoms with Gasteiger partial charge < -0.3 is 4.74 Å². The van der Waals surface area contributed by atoms with Crippen LogP contribution >= 0.6 is 15.9 Å². The highest BCUT2D eigenvalue weighted by Gasteiger charge is 2.22. The molecule has 7 heteroatoms. The summed E-state index contributed by atoms with van der Waals surface area (Å²) in [5, 5.41) is 8.94. The Morgan fingerprint density at radius 2 is 2.33 bits per heavy atom. The van der Waals surface area contributed by atoms with Gasteiger partial charge in [0.15, 0.2) is 0 Å². The summed E-state index contributed by atoms with van der Waals surface area (Å²) in [6, 6.07) is 1.78. The molecule has 0 aromatic carbocycles. The molecule has 18 heavy (non-hydrogen) atoms. The number of carbonyl (C=O) groups excluding carboxylic acids is 1. The van der Waals surface area contributed by atoms with Crippen molar-refractivity contribution in [1.29, 1.82) is 5.26 Å².